The molecular formula is C9H11NO2S. The molecule has 0 spiro atoms. The van der Waals surface area contributed by atoms with Crippen LogP contribution in [-0.4, -0.2) is 18.8 Å². The van der Waals surface area contributed by atoms with Crippen LogP contribution < -0.4 is 5.73 Å². The summed E-state index contributed by atoms with van der Waals surface area (Å²) in [4.78, 5) is 11.8. The van der Waals surface area contributed by atoms with Gasteiger partial charge in [0.25, 0.3) is 0 Å². The molecule has 0 saturated heterocycles. The summed E-state index contributed by atoms with van der Waals surface area (Å²) in [6.07, 6.45) is 0. The molecular weight excluding hydrogens is 186 g/mol. The molecule has 70 valence electrons. The summed E-state index contributed by atoms with van der Waals surface area (Å²) in [5.74, 6) is 0.0902. The quantitative estimate of drug-likeness (QED) is 0.453. The van der Waals surface area contributed by atoms with Gasteiger partial charge in [-0.2, -0.15) is 0 Å². The topological polar surface area (TPSA) is 52.3 Å². The molecule has 0 saturated carbocycles. The molecule has 2 N–H and O–H groups in total. The minimum Gasteiger partial charge on any atom is -0.468 e. The molecule has 0 radical (unpaired) electrons. The monoisotopic (exact) mass is 197 g/mol. The average Bonchev–Trinajstić information content (AvgIpc) is 2.14. The van der Waals surface area contributed by atoms with Gasteiger partial charge in [0.15, 0.2) is 0 Å². The number of ether oxygens (including phenoxy) is 1. The number of carbonyl (C=O) groups is 1. The smallest absolute Gasteiger partial charge is 0.315 e. The van der Waals surface area contributed by atoms with Gasteiger partial charge in [-0.15, -0.1) is 11.8 Å². The first-order valence-corrected chi connectivity index (χ1v) is 4.76. The van der Waals surface area contributed by atoms with Crippen LogP contribution in [0.2, 0.25) is 0 Å². The lowest BCUT2D eigenvalue weighted by Gasteiger charge is -2.00. The fourth-order valence-electron chi connectivity index (χ4n) is 0.806. The standard InChI is InChI=1S/C9H11NO2S/c1-12-9(11)6-13-8-4-2-3-7(10)5-8/h2-5H,6,10H2,1H3. The molecule has 1 aromatic rings. The number of anilines is 1. The van der Waals surface area contributed by atoms with Crippen molar-refractivity contribution >= 4 is 23.4 Å². The number of benzene rings is 1. The maximum atomic E-state index is 10.8. The summed E-state index contributed by atoms with van der Waals surface area (Å²) < 4.78 is 4.51. The average molecular weight is 197 g/mol. The van der Waals surface area contributed by atoms with Crippen LogP contribution in [0.25, 0.3) is 0 Å². The molecule has 0 fully saturated rings. The Morgan fingerprint density at radius 3 is 3.00 bits per heavy atom. The van der Waals surface area contributed by atoms with E-state index in [1.54, 1.807) is 0 Å². The number of carbonyl (C=O) groups excluding carboxylic acids is 1. The zero-order valence-corrected chi connectivity index (χ0v) is 8.14. The molecule has 0 atom stereocenters. The summed E-state index contributed by atoms with van der Waals surface area (Å²) in [7, 11) is 1.38. The first kappa shape index (κ1) is 9.92. The molecule has 3 nitrogen and oxygen atoms in total. The van der Waals surface area contributed by atoms with Crippen LogP contribution in [0.5, 0.6) is 0 Å². The van der Waals surface area contributed by atoms with E-state index in [-0.39, 0.29) is 5.97 Å². The number of methoxy groups -OCH3 is 1. The molecule has 0 unspecified atom stereocenters. The fourth-order valence-corrected chi connectivity index (χ4v) is 1.60. The third-order valence-corrected chi connectivity index (χ3v) is 2.41. The van der Waals surface area contributed by atoms with E-state index in [0.717, 1.165) is 4.90 Å². The summed E-state index contributed by atoms with van der Waals surface area (Å²) in [6.45, 7) is 0. The Hall–Kier alpha value is -1.16. The maximum absolute atomic E-state index is 10.8. The van der Waals surface area contributed by atoms with Crippen LogP contribution in [-0.2, 0) is 9.53 Å². The molecule has 0 bridgehead atoms. The van der Waals surface area contributed by atoms with Crippen LogP contribution in [0.1, 0.15) is 0 Å². The highest BCUT2D eigenvalue weighted by molar-refractivity contribution is 8.00. The van der Waals surface area contributed by atoms with Gasteiger partial charge < -0.3 is 10.5 Å². The second-order valence-electron chi connectivity index (χ2n) is 2.44. The van der Waals surface area contributed by atoms with Gasteiger partial charge in [-0.3, -0.25) is 4.79 Å². The van der Waals surface area contributed by atoms with E-state index in [2.05, 4.69) is 4.74 Å². The highest BCUT2D eigenvalue weighted by Crippen LogP contribution is 2.19. The van der Waals surface area contributed by atoms with E-state index in [1.165, 1.54) is 18.9 Å². The summed E-state index contributed by atoms with van der Waals surface area (Å²) >= 11 is 1.41. The van der Waals surface area contributed by atoms with Crippen molar-refractivity contribution in [3.8, 4) is 0 Å². The van der Waals surface area contributed by atoms with Crippen molar-refractivity contribution < 1.29 is 9.53 Å². The first-order valence-electron chi connectivity index (χ1n) is 3.77. The zero-order chi connectivity index (χ0) is 9.68. The largest absolute Gasteiger partial charge is 0.468 e. The molecule has 4 heteroatoms. The Labute approximate surface area is 81.3 Å². The summed E-state index contributed by atoms with van der Waals surface area (Å²) in [5, 5.41) is 0. The molecule has 13 heavy (non-hydrogen) atoms. The van der Waals surface area contributed by atoms with Gasteiger partial charge in [-0.1, -0.05) is 6.07 Å². The molecule has 1 aromatic carbocycles. The van der Waals surface area contributed by atoms with Crippen LogP contribution >= 0.6 is 11.8 Å². The van der Waals surface area contributed by atoms with Crippen LogP contribution in [0.15, 0.2) is 29.2 Å². The Balaban J connectivity index is 2.50. The Morgan fingerprint density at radius 1 is 1.62 bits per heavy atom. The van der Waals surface area contributed by atoms with Gasteiger partial charge in [-0.25, -0.2) is 0 Å². The van der Waals surface area contributed by atoms with E-state index >= 15 is 0 Å². The molecule has 1 rings (SSSR count). The molecule has 0 heterocycles. The lowest BCUT2D eigenvalue weighted by atomic mass is 10.3. The molecule has 0 amide bonds. The summed E-state index contributed by atoms with van der Waals surface area (Å²) in [6, 6.07) is 7.40. The van der Waals surface area contributed by atoms with Crippen molar-refractivity contribution in [2.24, 2.45) is 0 Å². The Bertz CT molecular complexity index is 301. The molecule has 0 aromatic heterocycles. The number of nitrogen functional groups attached to an aromatic ring is 1. The van der Waals surface area contributed by atoms with Crippen molar-refractivity contribution in [1.29, 1.82) is 0 Å². The number of thioether (sulfide) groups is 1. The number of hydrogen-bond donors (Lipinski definition) is 1. The van der Waals surface area contributed by atoms with E-state index in [4.69, 9.17) is 5.73 Å². The highest BCUT2D eigenvalue weighted by Gasteiger charge is 2.01. The second-order valence-corrected chi connectivity index (χ2v) is 3.49. The van der Waals surface area contributed by atoms with E-state index in [0.29, 0.717) is 11.4 Å². The number of hydrogen-bond acceptors (Lipinski definition) is 4. The number of rotatable bonds is 3. The van der Waals surface area contributed by atoms with Gasteiger partial charge in [-0.05, 0) is 18.2 Å². The zero-order valence-electron chi connectivity index (χ0n) is 7.32. The Kier molecular flexibility index (Phi) is 3.64. The van der Waals surface area contributed by atoms with Crippen LogP contribution in [0.4, 0.5) is 5.69 Å². The van der Waals surface area contributed by atoms with Crippen molar-refractivity contribution in [3.63, 3.8) is 0 Å². The third-order valence-electron chi connectivity index (χ3n) is 1.44. The van der Waals surface area contributed by atoms with Crippen molar-refractivity contribution in [1.82, 2.24) is 0 Å². The SMILES string of the molecule is COC(=O)CSc1cccc(N)c1. The van der Waals surface area contributed by atoms with Crippen molar-refractivity contribution in [3.05, 3.63) is 24.3 Å². The predicted octanol–water partition coefficient (Wildman–Crippen LogP) is 1.53. The van der Waals surface area contributed by atoms with Gasteiger partial charge in [0.1, 0.15) is 0 Å². The van der Waals surface area contributed by atoms with Crippen LogP contribution in [0.3, 0.4) is 0 Å². The highest BCUT2D eigenvalue weighted by atomic mass is 32.2. The lowest BCUT2D eigenvalue weighted by Crippen LogP contribution is -2.02. The van der Waals surface area contributed by atoms with Crippen molar-refractivity contribution in [2.75, 3.05) is 18.6 Å². The first-order chi connectivity index (χ1) is 6.22. The minimum absolute atomic E-state index is 0.229. The van der Waals surface area contributed by atoms with Gasteiger partial charge in [0, 0.05) is 10.6 Å². The second kappa shape index (κ2) is 4.77. The predicted molar refractivity (Wildman–Crippen MR) is 53.6 cm³/mol. The van der Waals surface area contributed by atoms with Crippen molar-refractivity contribution in [2.45, 2.75) is 4.90 Å². The van der Waals surface area contributed by atoms with Gasteiger partial charge in [0.05, 0.1) is 12.9 Å². The molecule has 0 aliphatic carbocycles. The van der Waals surface area contributed by atoms with E-state index in [1.807, 2.05) is 24.3 Å². The lowest BCUT2D eigenvalue weighted by molar-refractivity contribution is -0.137. The van der Waals surface area contributed by atoms with Gasteiger partial charge in [0.2, 0.25) is 0 Å². The number of nitrogens with two attached hydrogens (primary N) is 1. The van der Waals surface area contributed by atoms with Gasteiger partial charge >= 0.3 is 5.97 Å². The van der Waals surface area contributed by atoms with E-state index in [9.17, 15) is 4.79 Å². The molecule has 0 aliphatic rings. The maximum Gasteiger partial charge on any atom is 0.315 e. The minimum atomic E-state index is -0.229. The summed E-state index contributed by atoms with van der Waals surface area (Å²) in [5.41, 5.74) is 6.27. The normalized spacial score (nSPS) is 9.62. The number of esters is 1. The fraction of sp³-hybridized carbons (Fsp3) is 0.222. The third kappa shape index (κ3) is 3.38. The Morgan fingerprint density at radius 2 is 2.38 bits per heavy atom. The van der Waals surface area contributed by atoms with E-state index < -0.39 is 0 Å². The van der Waals surface area contributed by atoms with Crippen LogP contribution in [0, 0.1) is 0 Å². The molecule has 0 aliphatic heterocycles.